The Kier molecular flexibility index (Phi) is 12.0. The van der Waals surface area contributed by atoms with Crippen LogP contribution in [-0.2, 0) is 21.1 Å². The molecule has 3 aromatic rings. The van der Waals surface area contributed by atoms with Crippen molar-refractivity contribution in [2.75, 3.05) is 36.9 Å². The van der Waals surface area contributed by atoms with Gasteiger partial charge in [0.15, 0.2) is 9.84 Å². The third-order valence-electron chi connectivity index (χ3n) is 7.62. The van der Waals surface area contributed by atoms with Crippen molar-refractivity contribution in [2.45, 2.75) is 50.1 Å². The van der Waals surface area contributed by atoms with Crippen LogP contribution in [0.25, 0.3) is 0 Å². The van der Waals surface area contributed by atoms with Gasteiger partial charge in [0.2, 0.25) is 0 Å². The summed E-state index contributed by atoms with van der Waals surface area (Å²) < 4.78 is 84.2. The molecular formula is C32H34F4N4O5S. The fraction of sp³-hybridized carbons (Fsp3) is 0.375. The van der Waals surface area contributed by atoms with E-state index in [1.54, 1.807) is 55.5 Å². The van der Waals surface area contributed by atoms with Crippen molar-refractivity contribution in [1.82, 2.24) is 10.2 Å². The van der Waals surface area contributed by atoms with Gasteiger partial charge in [0.05, 0.1) is 41.8 Å². The molecule has 0 aromatic heterocycles. The number of hydrogen-bond acceptors (Lipinski definition) is 8. The van der Waals surface area contributed by atoms with Gasteiger partial charge in [-0.05, 0) is 59.7 Å². The summed E-state index contributed by atoms with van der Waals surface area (Å²) in [5.41, 5.74) is 2.44. The molecule has 1 N–H and O–H groups in total. The Morgan fingerprint density at radius 2 is 1.65 bits per heavy atom. The quantitative estimate of drug-likeness (QED) is 0.229. The highest BCUT2D eigenvalue weighted by Gasteiger charge is 2.29. The first kappa shape index (κ1) is 34.7. The minimum atomic E-state index is -3.40. The van der Waals surface area contributed by atoms with E-state index in [1.807, 2.05) is 11.0 Å². The Hall–Kier alpha value is -4.19. The number of nitriles is 1. The lowest BCUT2D eigenvalue weighted by Gasteiger charge is -2.42. The molecule has 0 aliphatic carbocycles. The van der Waals surface area contributed by atoms with Crippen molar-refractivity contribution >= 4 is 21.4 Å². The van der Waals surface area contributed by atoms with Crippen LogP contribution in [0.4, 0.5) is 23.2 Å². The molecule has 1 aliphatic heterocycles. The third-order valence-corrected chi connectivity index (χ3v) is 9.37. The molecule has 4 rings (SSSR count). The number of ether oxygens (including phenoxy) is 2. The van der Waals surface area contributed by atoms with E-state index in [0.717, 1.165) is 5.56 Å². The van der Waals surface area contributed by atoms with Crippen LogP contribution in [0.15, 0.2) is 77.7 Å². The first-order chi connectivity index (χ1) is 22.0. The molecule has 0 bridgehead atoms. The summed E-state index contributed by atoms with van der Waals surface area (Å²) in [6.07, 6.45) is -0.0343. The molecule has 246 valence electrons. The van der Waals surface area contributed by atoms with Gasteiger partial charge in [-0.3, -0.25) is 9.69 Å². The predicted octanol–water partition coefficient (Wildman–Crippen LogP) is 5.40. The maximum Gasteiger partial charge on any atom is 0.387 e. The number of anilines is 1. The molecule has 9 nitrogen and oxygen atoms in total. The standard InChI is InChI=1S/C32H34F4N4O5S/c1-2-46(42,43)28-13-7-23(8-14-28)29(15-16-37)38-30(41)24-5-9-25(10-6-24)40-18-17-39(20-26(40)21-44-31(33)34)19-22-3-11-27(12-4-22)45-32(35)36/h3-14,26,29,31-32H,2,15,17-21H2,1H3,(H,38,41)/t26-,29-/m0/s1. The van der Waals surface area contributed by atoms with Gasteiger partial charge in [-0.2, -0.15) is 22.8 Å². The molecular weight excluding hydrogens is 628 g/mol. The number of alkyl halides is 4. The number of rotatable bonds is 14. The summed E-state index contributed by atoms with van der Waals surface area (Å²) in [7, 11) is -3.40. The van der Waals surface area contributed by atoms with E-state index >= 15 is 0 Å². The first-order valence-corrected chi connectivity index (χ1v) is 16.2. The van der Waals surface area contributed by atoms with Crippen molar-refractivity contribution in [3.8, 4) is 11.8 Å². The predicted molar refractivity (Wildman–Crippen MR) is 162 cm³/mol. The maximum atomic E-state index is 13.1. The number of hydrogen-bond donors (Lipinski definition) is 1. The molecule has 0 unspecified atom stereocenters. The number of amides is 1. The highest BCUT2D eigenvalue weighted by molar-refractivity contribution is 7.91. The number of halogens is 4. The average molecular weight is 663 g/mol. The molecule has 1 aliphatic rings. The van der Waals surface area contributed by atoms with Gasteiger partial charge >= 0.3 is 13.2 Å². The summed E-state index contributed by atoms with van der Waals surface area (Å²) in [6.45, 7) is -2.65. The third kappa shape index (κ3) is 9.41. The van der Waals surface area contributed by atoms with Crippen molar-refractivity contribution < 1.29 is 40.2 Å². The molecule has 0 saturated carbocycles. The highest BCUT2D eigenvalue weighted by Crippen LogP contribution is 2.25. The monoisotopic (exact) mass is 662 g/mol. The fourth-order valence-corrected chi connectivity index (χ4v) is 6.11. The lowest BCUT2D eigenvalue weighted by Crippen LogP contribution is -2.55. The minimum absolute atomic E-state index is 0.0343. The minimum Gasteiger partial charge on any atom is -0.435 e. The second kappa shape index (κ2) is 15.9. The SMILES string of the molecule is CCS(=O)(=O)c1ccc([C@H](CC#N)NC(=O)c2ccc(N3CCN(Cc4ccc(OC(F)F)cc4)C[C@H]3COC(F)F)cc2)cc1. The van der Waals surface area contributed by atoms with E-state index in [4.69, 9.17) is 0 Å². The number of carbonyl (C=O) groups excluding carboxylic acids is 1. The lowest BCUT2D eigenvalue weighted by atomic mass is 10.0. The molecule has 1 fully saturated rings. The van der Waals surface area contributed by atoms with Crippen LogP contribution in [-0.4, -0.2) is 70.5 Å². The second-order valence-corrected chi connectivity index (χ2v) is 12.9. The zero-order chi connectivity index (χ0) is 33.3. The lowest BCUT2D eigenvalue weighted by molar-refractivity contribution is -0.134. The van der Waals surface area contributed by atoms with Crippen LogP contribution in [0.1, 0.15) is 40.9 Å². The normalized spacial score (nSPS) is 16.3. The summed E-state index contributed by atoms with van der Waals surface area (Å²) in [4.78, 5) is 17.3. The summed E-state index contributed by atoms with van der Waals surface area (Å²) in [6, 6.07) is 19.9. The van der Waals surface area contributed by atoms with Crippen LogP contribution in [0.2, 0.25) is 0 Å². The Morgan fingerprint density at radius 3 is 2.24 bits per heavy atom. The zero-order valence-corrected chi connectivity index (χ0v) is 25.8. The van der Waals surface area contributed by atoms with Gasteiger partial charge in [0.25, 0.3) is 5.91 Å². The van der Waals surface area contributed by atoms with E-state index in [-0.39, 0.29) is 29.4 Å². The van der Waals surface area contributed by atoms with E-state index in [1.165, 1.54) is 24.3 Å². The molecule has 3 aromatic carbocycles. The van der Waals surface area contributed by atoms with Gasteiger partial charge in [-0.25, -0.2) is 8.42 Å². The van der Waals surface area contributed by atoms with E-state index in [0.29, 0.717) is 43.0 Å². The van der Waals surface area contributed by atoms with E-state index < -0.39 is 41.1 Å². The van der Waals surface area contributed by atoms with Crippen LogP contribution in [0.5, 0.6) is 5.75 Å². The Labute approximate surface area is 265 Å². The molecule has 1 heterocycles. The van der Waals surface area contributed by atoms with Crippen molar-refractivity contribution in [3.63, 3.8) is 0 Å². The van der Waals surface area contributed by atoms with Crippen molar-refractivity contribution in [3.05, 3.63) is 89.5 Å². The second-order valence-electron chi connectivity index (χ2n) is 10.6. The Morgan fingerprint density at radius 1 is 0.978 bits per heavy atom. The number of nitrogens with one attached hydrogen (secondary N) is 1. The van der Waals surface area contributed by atoms with Gasteiger partial charge in [0, 0.05) is 37.4 Å². The number of nitrogens with zero attached hydrogens (tertiary/aromatic N) is 3. The van der Waals surface area contributed by atoms with E-state index in [2.05, 4.69) is 19.7 Å². The summed E-state index contributed by atoms with van der Waals surface area (Å²) in [5.74, 6) is -0.443. The molecule has 2 atom stereocenters. The highest BCUT2D eigenvalue weighted by atomic mass is 32.2. The molecule has 14 heteroatoms. The van der Waals surface area contributed by atoms with Crippen LogP contribution >= 0.6 is 0 Å². The molecule has 46 heavy (non-hydrogen) atoms. The average Bonchev–Trinajstić information content (AvgIpc) is 3.04. The van der Waals surface area contributed by atoms with Gasteiger partial charge < -0.3 is 19.7 Å². The molecule has 1 amide bonds. The maximum absolute atomic E-state index is 13.1. The fourth-order valence-electron chi connectivity index (χ4n) is 5.23. The van der Waals surface area contributed by atoms with Crippen LogP contribution < -0.4 is 15.0 Å². The Balaban J connectivity index is 1.42. The number of carbonyl (C=O) groups is 1. The largest absolute Gasteiger partial charge is 0.435 e. The van der Waals surface area contributed by atoms with E-state index in [9.17, 15) is 36.0 Å². The number of piperazine rings is 1. The molecule has 0 radical (unpaired) electrons. The number of sulfone groups is 1. The molecule has 0 spiro atoms. The summed E-state index contributed by atoms with van der Waals surface area (Å²) >= 11 is 0. The van der Waals surface area contributed by atoms with Crippen molar-refractivity contribution in [2.24, 2.45) is 0 Å². The topological polar surface area (TPSA) is 112 Å². The summed E-state index contributed by atoms with van der Waals surface area (Å²) in [5, 5.41) is 12.2. The van der Waals surface area contributed by atoms with Gasteiger partial charge in [-0.1, -0.05) is 31.2 Å². The van der Waals surface area contributed by atoms with Gasteiger partial charge in [0.1, 0.15) is 5.75 Å². The van der Waals surface area contributed by atoms with Gasteiger partial charge in [-0.15, -0.1) is 0 Å². The van der Waals surface area contributed by atoms with Crippen LogP contribution in [0, 0.1) is 11.3 Å². The Bertz CT molecular complexity index is 1580. The van der Waals surface area contributed by atoms with Crippen LogP contribution in [0.3, 0.4) is 0 Å². The first-order valence-electron chi connectivity index (χ1n) is 14.5. The molecule has 1 saturated heterocycles. The zero-order valence-electron chi connectivity index (χ0n) is 25.0. The number of benzene rings is 3. The van der Waals surface area contributed by atoms with Crippen molar-refractivity contribution in [1.29, 1.82) is 5.26 Å². The smallest absolute Gasteiger partial charge is 0.387 e.